The van der Waals surface area contributed by atoms with Gasteiger partial charge in [0.15, 0.2) is 11.5 Å². The van der Waals surface area contributed by atoms with Crippen LogP contribution in [0.5, 0.6) is 5.75 Å². The first kappa shape index (κ1) is 10.6. The summed E-state index contributed by atoms with van der Waals surface area (Å²) >= 11 is 0. The van der Waals surface area contributed by atoms with Gasteiger partial charge in [0.05, 0.1) is 7.11 Å². The van der Waals surface area contributed by atoms with Gasteiger partial charge in [0.25, 0.3) is 0 Å². The van der Waals surface area contributed by atoms with Crippen molar-refractivity contribution in [3.05, 3.63) is 23.9 Å². The maximum atomic E-state index is 5.74. The van der Waals surface area contributed by atoms with Crippen LogP contribution in [-0.4, -0.2) is 22.4 Å². The van der Waals surface area contributed by atoms with Gasteiger partial charge in [-0.1, -0.05) is 0 Å². The van der Waals surface area contributed by atoms with Crippen LogP contribution in [0.1, 0.15) is 5.69 Å². The average molecular weight is 244 g/mol. The number of nitrogens with two attached hydrogens (primary N) is 1. The van der Waals surface area contributed by atoms with Gasteiger partial charge >= 0.3 is 0 Å². The summed E-state index contributed by atoms with van der Waals surface area (Å²) < 4.78 is 9.85. The second-order valence-electron chi connectivity index (χ2n) is 4.03. The number of hydrogen-bond donors (Lipinski definition) is 2. The third-order valence-corrected chi connectivity index (χ3v) is 2.94. The molecule has 92 valence electrons. The number of anilines is 1. The number of aromatic amines is 1. The third-order valence-electron chi connectivity index (χ3n) is 2.94. The fourth-order valence-electron chi connectivity index (χ4n) is 2.11. The lowest BCUT2D eigenvalue weighted by Crippen LogP contribution is -1.89. The van der Waals surface area contributed by atoms with Gasteiger partial charge in [-0.3, -0.25) is 0 Å². The summed E-state index contributed by atoms with van der Waals surface area (Å²) in [6.45, 7) is 1.95. The summed E-state index contributed by atoms with van der Waals surface area (Å²) in [7, 11) is 1.64. The Morgan fingerprint density at radius 1 is 1.33 bits per heavy atom. The fraction of sp³-hybridized carbons (Fsp3) is 0.167. The van der Waals surface area contributed by atoms with Crippen molar-refractivity contribution in [2.45, 2.75) is 6.92 Å². The molecule has 0 aliphatic heterocycles. The van der Waals surface area contributed by atoms with E-state index in [1.165, 1.54) is 0 Å². The summed E-state index contributed by atoms with van der Waals surface area (Å²) in [5.74, 6) is 1.08. The molecule has 0 unspecified atom stereocenters. The highest BCUT2D eigenvalue weighted by atomic mass is 16.6. The molecule has 2 heterocycles. The smallest absolute Gasteiger partial charge is 0.196 e. The number of rotatable bonds is 2. The molecule has 0 atom stereocenters. The summed E-state index contributed by atoms with van der Waals surface area (Å²) in [4.78, 5) is 3.27. The van der Waals surface area contributed by atoms with E-state index in [0.717, 1.165) is 27.9 Å². The van der Waals surface area contributed by atoms with Crippen molar-refractivity contribution < 1.29 is 9.37 Å². The number of aromatic nitrogens is 3. The predicted octanol–water partition coefficient (Wildman–Crippen LogP) is 2.12. The number of H-pyrrole nitrogens is 1. The largest absolute Gasteiger partial charge is 0.497 e. The van der Waals surface area contributed by atoms with Gasteiger partial charge in [-0.15, -0.1) is 0 Å². The Bertz CT molecular complexity index is 714. The number of hydrogen-bond acceptors (Lipinski definition) is 5. The minimum absolute atomic E-state index is 0.287. The molecule has 0 bridgehead atoms. The van der Waals surface area contributed by atoms with Crippen molar-refractivity contribution >= 4 is 16.7 Å². The number of benzene rings is 1. The highest BCUT2D eigenvalue weighted by Gasteiger charge is 2.17. The molecule has 0 saturated carbocycles. The monoisotopic (exact) mass is 244 g/mol. The van der Waals surface area contributed by atoms with E-state index in [9.17, 15) is 0 Å². The molecule has 6 nitrogen and oxygen atoms in total. The molecule has 0 aliphatic rings. The molecule has 2 aromatic heterocycles. The zero-order chi connectivity index (χ0) is 12.7. The van der Waals surface area contributed by atoms with Crippen LogP contribution in [0.25, 0.3) is 22.2 Å². The Labute approximate surface area is 103 Å². The van der Waals surface area contributed by atoms with E-state index < -0.39 is 0 Å². The maximum absolute atomic E-state index is 5.74. The minimum Gasteiger partial charge on any atom is -0.497 e. The zero-order valence-electron chi connectivity index (χ0n) is 10.0. The van der Waals surface area contributed by atoms with Gasteiger partial charge in [-0.25, -0.2) is 4.63 Å². The molecular weight excluding hydrogens is 232 g/mol. The summed E-state index contributed by atoms with van der Waals surface area (Å²) in [6.07, 6.45) is 0. The molecule has 0 fully saturated rings. The second-order valence-corrected chi connectivity index (χ2v) is 4.03. The SMILES string of the molecule is COc1ccc2c(-c3nonc3N)c(C)[nH]c2c1. The molecule has 1 aromatic carbocycles. The van der Waals surface area contributed by atoms with E-state index in [-0.39, 0.29) is 5.82 Å². The van der Waals surface area contributed by atoms with E-state index in [1.807, 2.05) is 25.1 Å². The Kier molecular flexibility index (Phi) is 2.22. The van der Waals surface area contributed by atoms with Gasteiger partial charge < -0.3 is 15.5 Å². The van der Waals surface area contributed by atoms with Crippen molar-refractivity contribution in [3.63, 3.8) is 0 Å². The average Bonchev–Trinajstić information content (AvgIpc) is 2.90. The van der Waals surface area contributed by atoms with Crippen molar-refractivity contribution in [2.24, 2.45) is 0 Å². The number of nitrogens with zero attached hydrogens (tertiary/aromatic N) is 2. The van der Waals surface area contributed by atoms with Gasteiger partial charge in [-0.2, -0.15) is 0 Å². The Morgan fingerprint density at radius 2 is 2.17 bits per heavy atom. The Morgan fingerprint density at radius 3 is 2.83 bits per heavy atom. The molecule has 0 amide bonds. The fourth-order valence-corrected chi connectivity index (χ4v) is 2.11. The number of methoxy groups -OCH3 is 1. The van der Waals surface area contributed by atoms with Crippen LogP contribution in [-0.2, 0) is 0 Å². The van der Waals surface area contributed by atoms with Crippen LogP contribution >= 0.6 is 0 Å². The van der Waals surface area contributed by atoms with E-state index in [1.54, 1.807) is 7.11 Å². The van der Waals surface area contributed by atoms with Gasteiger partial charge in [0, 0.05) is 28.2 Å². The summed E-state index contributed by atoms with van der Waals surface area (Å²) in [6, 6.07) is 5.78. The predicted molar refractivity (Wildman–Crippen MR) is 67.3 cm³/mol. The molecule has 18 heavy (non-hydrogen) atoms. The standard InChI is InChI=1S/C12H12N4O2/c1-6-10(11-12(13)16-18-15-11)8-4-3-7(17-2)5-9(8)14-6/h3-5,14H,1-2H3,(H2,13,16). The molecule has 0 saturated heterocycles. The van der Waals surface area contributed by atoms with E-state index in [0.29, 0.717) is 5.69 Å². The highest BCUT2D eigenvalue weighted by molar-refractivity contribution is 5.98. The molecular formula is C12H12N4O2. The number of ether oxygens (including phenoxy) is 1. The van der Waals surface area contributed by atoms with Crippen molar-refractivity contribution in [2.75, 3.05) is 12.8 Å². The first-order valence-electron chi connectivity index (χ1n) is 5.45. The molecule has 6 heteroatoms. The molecule has 3 aromatic rings. The van der Waals surface area contributed by atoms with Crippen LogP contribution in [0, 0.1) is 6.92 Å². The maximum Gasteiger partial charge on any atom is 0.196 e. The molecule has 3 rings (SSSR count). The first-order chi connectivity index (χ1) is 8.70. The second kappa shape index (κ2) is 3.76. The summed E-state index contributed by atoms with van der Waals surface area (Å²) in [5, 5.41) is 8.47. The van der Waals surface area contributed by atoms with Crippen molar-refractivity contribution in [1.82, 2.24) is 15.3 Å². The normalized spacial score (nSPS) is 11.0. The lowest BCUT2D eigenvalue weighted by Gasteiger charge is -1.99. The van der Waals surface area contributed by atoms with Crippen LogP contribution in [0.15, 0.2) is 22.8 Å². The van der Waals surface area contributed by atoms with Crippen LogP contribution in [0.4, 0.5) is 5.82 Å². The van der Waals surface area contributed by atoms with E-state index in [2.05, 4.69) is 19.9 Å². The first-order valence-corrected chi connectivity index (χ1v) is 5.45. The van der Waals surface area contributed by atoms with Gasteiger partial charge in [0.1, 0.15) is 5.75 Å². The van der Waals surface area contributed by atoms with E-state index in [4.69, 9.17) is 10.5 Å². The molecule has 0 aliphatic carbocycles. The number of aryl methyl sites for hydroxylation is 1. The lowest BCUT2D eigenvalue weighted by molar-refractivity contribution is 0.310. The zero-order valence-corrected chi connectivity index (χ0v) is 10.0. The minimum atomic E-state index is 0.287. The highest BCUT2D eigenvalue weighted by Crippen LogP contribution is 2.34. The molecule has 3 N–H and O–H groups in total. The lowest BCUT2D eigenvalue weighted by atomic mass is 10.1. The van der Waals surface area contributed by atoms with Crippen molar-refractivity contribution in [3.8, 4) is 17.0 Å². The van der Waals surface area contributed by atoms with E-state index >= 15 is 0 Å². The summed E-state index contributed by atoms with van der Waals surface area (Å²) in [5.41, 5.74) is 9.13. The number of nitrogens with one attached hydrogen (secondary N) is 1. The number of nitrogen functional groups attached to an aromatic ring is 1. The van der Waals surface area contributed by atoms with Crippen LogP contribution in [0.3, 0.4) is 0 Å². The van der Waals surface area contributed by atoms with Crippen molar-refractivity contribution in [1.29, 1.82) is 0 Å². The van der Waals surface area contributed by atoms with Crippen LogP contribution in [0.2, 0.25) is 0 Å². The Balaban J connectivity index is 2.30. The quantitative estimate of drug-likeness (QED) is 0.720. The number of fused-ring (bicyclic) bond motifs is 1. The Hall–Kier alpha value is -2.50. The van der Waals surface area contributed by atoms with Gasteiger partial charge in [-0.05, 0) is 29.4 Å². The topological polar surface area (TPSA) is 90.0 Å². The third kappa shape index (κ3) is 1.42. The molecule has 0 spiro atoms. The van der Waals surface area contributed by atoms with Gasteiger partial charge in [0.2, 0.25) is 0 Å². The van der Waals surface area contributed by atoms with Crippen LogP contribution < -0.4 is 10.5 Å². The molecule has 0 radical (unpaired) electrons.